The molecule has 0 unspecified atom stereocenters. The maximum absolute atomic E-state index is 11.7. The van der Waals surface area contributed by atoms with E-state index in [4.69, 9.17) is 0 Å². The van der Waals surface area contributed by atoms with Crippen molar-refractivity contribution in [2.75, 3.05) is 11.1 Å². The van der Waals surface area contributed by atoms with E-state index >= 15 is 0 Å². The highest BCUT2D eigenvalue weighted by atomic mass is 32.2. The number of aryl methyl sites for hydroxylation is 1. The normalized spacial score (nSPS) is 11.5. The summed E-state index contributed by atoms with van der Waals surface area (Å²) in [6.45, 7) is 5.98. The molecule has 2 aromatic rings. The number of hydrogen-bond donors (Lipinski definition) is 1. The number of carbonyl (C=O) groups excluding carboxylic acids is 1. The second-order valence-corrected chi connectivity index (χ2v) is 6.66. The van der Waals surface area contributed by atoms with E-state index in [0.29, 0.717) is 5.69 Å². The first-order chi connectivity index (χ1) is 9.93. The van der Waals surface area contributed by atoms with Gasteiger partial charge in [-0.05, 0) is 25.1 Å². The van der Waals surface area contributed by atoms with Gasteiger partial charge in [-0.3, -0.25) is 9.48 Å². The largest absolute Gasteiger partial charge is 0.326 e. The van der Waals surface area contributed by atoms with Crippen LogP contribution in [0.2, 0.25) is 0 Å². The summed E-state index contributed by atoms with van der Waals surface area (Å²) < 4.78 is 24.3. The zero-order valence-corrected chi connectivity index (χ0v) is 12.6. The smallest absolute Gasteiger partial charge is 0.225 e. The van der Waals surface area contributed by atoms with Crippen LogP contribution in [0.3, 0.4) is 0 Å². The standard InChI is InChI=1S/C14H17N3O3S/c1-3-17-10-11-5-6-12(9-13(11)16-17)15-14(18)7-8-21(19,20)4-2/h4-6,9-10H,2-3,7-8H2,1H3,(H,15,18). The lowest BCUT2D eigenvalue weighted by Gasteiger charge is -2.04. The van der Waals surface area contributed by atoms with Gasteiger partial charge in [-0.1, -0.05) is 6.58 Å². The maximum atomic E-state index is 11.7. The Labute approximate surface area is 123 Å². The maximum Gasteiger partial charge on any atom is 0.225 e. The Hall–Kier alpha value is -2.15. The summed E-state index contributed by atoms with van der Waals surface area (Å²) in [4.78, 5) is 11.7. The molecule has 6 nitrogen and oxygen atoms in total. The predicted octanol–water partition coefficient (Wildman–Crippen LogP) is 1.94. The number of amides is 1. The summed E-state index contributed by atoms with van der Waals surface area (Å²) in [5, 5.41) is 8.88. The number of fused-ring (bicyclic) bond motifs is 1. The zero-order valence-electron chi connectivity index (χ0n) is 11.7. The van der Waals surface area contributed by atoms with Crippen LogP contribution >= 0.6 is 0 Å². The topological polar surface area (TPSA) is 81.1 Å². The van der Waals surface area contributed by atoms with Crippen molar-refractivity contribution in [3.63, 3.8) is 0 Å². The van der Waals surface area contributed by atoms with E-state index in [-0.39, 0.29) is 18.1 Å². The van der Waals surface area contributed by atoms with Crippen LogP contribution in [0.1, 0.15) is 13.3 Å². The fraction of sp³-hybridized carbons (Fsp3) is 0.286. The van der Waals surface area contributed by atoms with Crippen molar-refractivity contribution < 1.29 is 13.2 Å². The zero-order chi connectivity index (χ0) is 15.5. The van der Waals surface area contributed by atoms with E-state index in [0.717, 1.165) is 22.9 Å². The molecule has 0 atom stereocenters. The first kappa shape index (κ1) is 15.2. The van der Waals surface area contributed by atoms with E-state index in [1.165, 1.54) is 0 Å². The van der Waals surface area contributed by atoms with Crippen LogP contribution in [-0.4, -0.2) is 29.9 Å². The van der Waals surface area contributed by atoms with Gasteiger partial charge < -0.3 is 5.32 Å². The quantitative estimate of drug-likeness (QED) is 0.884. The molecule has 1 aromatic heterocycles. The lowest BCUT2D eigenvalue weighted by atomic mass is 10.2. The highest BCUT2D eigenvalue weighted by Gasteiger charge is 2.10. The van der Waals surface area contributed by atoms with Crippen molar-refractivity contribution in [3.8, 4) is 0 Å². The van der Waals surface area contributed by atoms with Crippen molar-refractivity contribution in [2.45, 2.75) is 19.9 Å². The van der Waals surface area contributed by atoms with E-state index in [2.05, 4.69) is 17.0 Å². The van der Waals surface area contributed by atoms with Crippen LogP contribution in [0.5, 0.6) is 0 Å². The van der Waals surface area contributed by atoms with Crippen molar-refractivity contribution >= 4 is 32.3 Å². The van der Waals surface area contributed by atoms with Crippen LogP contribution in [0.4, 0.5) is 5.69 Å². The van der Waals surface area contributed by atoms with Crippen LogP contribution in [0, 0.1) is 0 Å². The number of hydrogen-bond acceptors (Lipinski definition) is 4. The SMILES string of the molecule is C=CS(=O)(=O)CCC(=O)Nc1ccc2cn(CC)nc2c1. The number of aromatic nitrogens is 2. The monoisotopic (exact) mass is 307 g/mol. The average Bonchev–Trinajstić information content (AvgIpc) is 2.87. The molecule has 1 amide bonds. The molecule has 0 bridgehead atoms. The highest BCUT2D eigenvalue weighted by molar-refractivity contribution is 7.94. The molecule has 0 aliphatic carbocycles. The summed E-state index contributed by atoms with van der Waals surface area (Å²) in [6.07, 6.45) is 1.83. The van der Waals surface area contributed by atoms with Crippen molar-refractivity contribution in [1.29, 1.82) is 0 Å². The molecule has 1 aromatic carbocycles. The number of nitrogens with one attached hydrogen (secondary N) is 1. The predicted molar refractivity (Wildman–Crippen MR) is 82.6 cm³/mol. The van der Waals surface area contributed by atoms with Crippen LogP contribution in [0.15, 0.2) is 36.4 Å². The van der Waals surface area contributed by atoms with Gasteiger partial charge in [-0.15, -0.1) is 0 Å². The van der Waals surface area contributed by atoms with Crippen LogP contribution < -0.4 is 5.32 Å². The fourth-order valence-corrected chi connectivity index (χ4v) is 2.49. The molecule has 0 radical (unpaired) electrons. The average molecular weight is 307 g/mol. The first-order valence-electron chi connectivity index (χ1n) is 6.56. The molecule has 1 heterocycles. The number of anilines is 1. The summed E-state index contributed by atoms with van der Waals surface area (Å²) in [6, 6.07) is 5.40. The minimum absolute atomic E-state index is 0.101. The summed E-state index contributed by atoms with van der Waals surface area (Å²) in [5.41, 5.74) is 1.39. The van der Waals surface area contributed by atoms with E-state index in [1.54, 1.807) is 12.1 Å². The molecule has 0 fully saturated rings. The fourth-order valence-electron chi connectivity index (χ4n) is 1.85. The number of sulfone groups is 1. The highest BCUT2D eigenvalue weighted by Crippen LogP contribution is 2.18. The van der Waals surface area contributed by atoms with E-state index in [9.17, 15) is 13.2 Å². The van der Waals surface area contributed by atoms with Gasteiger partial charge in [0.1, 0.15) is 0 Å². The Bertz CT molecular complexity index is 778. The number of carbonyl (C=O) groups is 1. The Morgan fingerprint density at radius 3 is 2.90 bits per heavy atom. The third-order valence-corrected chi connectivity index (χ3v) is 4.31. The molecule has 2 rings (SSSR count). The number of nitrogens with zero attached hydrogens (tertiary/aromatic N) is 2. The molecule has 0 aliphatic heterocycles. The molecule has 112 valence electrons. The lowest BCUT2D eigenvalue weighted by Crippen LogP contribution is -2.16. The minimum Gasteiger partial charge on any atom is -0.326 e. The molecule has 0 aliphatic rings. The summed E-state index contributed by atoms with van der Waals surface area (Å²) in [7, 11) is -3.35. The Kier molecular flexibility index (Phi) is 4.42. The molecule has 21 heavy (non-hydrogen) atoms. The van der Waals surface area contributed by atoms with Crippen LogP contribution in [-0.2, 0) is 21.2 Å². The van der Waals surface area contributed by atoms with Crippen LogP contribution in [0.25, 0.3) is 10.9 Å². The van der Waals surface area contributed by atoms with Crippen molar-refractivity contribution in [3.05, 3.63) is 36.4 Å². The van der Waals surface area contributed by atoms with Gasteiger partial charge in [0, 0.05) is 35.6 Å². The van der Waals surface area contributed by atoms with Gasteiger partial charge in [0.2, 0.25) is 5.91 Å². The lowest BCUT2D eigenvalue weighted by molar-refractivity contribution is -0.115. The van der Waals surface area contributed by atoms with E-state index < -0.39 is 9.84 Å². The van der Waals surface area contributed by atoms with Gasteiger partial charge in [-0.25, -0.2) is 8.42 Å². The van der Waals surface area contributed by atoms with E-state index in [1.807, 2.05) is 23.9 Å². The van der Waals surface area contributed by atoms with Gasteiger partial charge in [0.25, 0.3) is 0 Å². The molecule has 7 heteroatoms. The molecular weight excluding hydrogens is 290 g/mol. The van der Waals surface area contributed by atoms with Gasteiger partial charge in [0.05, 0.1) is 11.3 Å². The molecule has 0 saturated carbocycles. The molecule has 1 N–H and O–H groups in total. The van der Waals surface area contributed by atoms with Gasteiger partial charge >= 0.3 is 0 Å². The summed E-state index contributed by atoms with van der Waals surface area (Å²) in [5.74, 6) is -0.593. The number of benzene rings is 1. The number of rotatable bonds is 6. The molecule has 0 saturated heterocycles. The first-order valence-corrected chi connectivity index (χ1v) is 8.27. The van der Waals surface area contributed by atoms with Gasteiger partial charge in [0.15, 0.2) is 9.84 Å². The second kappa shape index (κ2) is 6.09. The van der Waals surface area contributed by atoms with Crippen molar-refractivity contribution in [2.24, 2.45) is 0 Å². The third-order valence-electron chi connectivity index (χ3n) is 3.03. The Morgan fingerprint density at radius 2 is 2.24 bits per heavy atom. The molecular formula is C14H17N3O3S. The third kappa shape index (κ3) is 3.91. The van der Waals surface area contributed by atoms with Gasteiger partial charge in [-0.2, -0.15) is 5.10 Å². The Balaban J connectivity index is 2.05. The molecule has 0 spiro atoms. The second-order valence-electron chi connectivity index (χ2n) is 4.59. The van der Waals surface area contributed by atoms with Crippen molar-refractivity contribution in [1.82, 2.24) is 9.78 Å². The minimum atomic E-state index is -3.35. The Morgan fingerprint density at radius 1 is 1.48 bits per heavy atom. The summed E-state index contributed by atoms with van der Waals surface area (Å²) >= 11 is 0.